The van der Waals surface area contributed by atoms with Gasteiger partial charge in [-0.25, -0.2) is 4.39 Å². The molecule has 0 aliphatic carbocycles. The van der Waals surface area contributed by atoms with Crippen LogP contribution in [0.5, 0.6) is 0 Å². The number of piperazine rings is 1. The fourth-order valence-corrected chi connectivity index (χ4v) is 3.83. The normalized spacial score (nSPS) is 19.6. The number of hydrogen-bond donors (Lipinski definition) is 0. The molecule has 1 aromatic heterocycles. The standard InChI is InChI=1S/C18H16FN3O2S/c19-14-5-1-2-6-15(14)21-7-9-22(10-8-21)18-20-17(23)16(25-18)12-13-4-3-11-24-13/h1-6,11-12H,7-10H2. The van der Waals surface area contributed by atoms with E-state index < -0.39 is 0 Å². The van der Waals surface area contributed by atoms with Crippen molar-refractivity contribution in [3.8, 4) is 0 Å². The molecule has 0 atom stereocenters. The zero-order valence-electron chi connectivity index (χ0n) is 13.4. The van der Waals surface area contributed by atoms with E-state index in [-0.39, 0.29) is 11.7 Å². The topological polar surface area (TPSA) is 49.1 Å². The summed E-state index contributed by atoms with van der Waals surface area (Å²) < 4.78 is 19.2. The van der Waals surface area contributed by atoms with Crippen molar-refractivity contribution in [3.05, 3.63) is 59.1 Å². The highest BCUT2D eigenvalue weighted by Crippen LogP contribution is 2.31. The van der Waals surface area contributed by atoms with Crippen molar-refractivity contribution in [3.63, 3.8) is 0 Å². The van der Waals surface area contributed by atoms with E-state index in [2.05, 4.69) is 9.89 Å². The Bertz CT molecular complexity index is 840. The largest absolute Gasteiger partial charge is 0.465 e. The lowest BCUT2D eigenvalue weighted by molar-refractivity contribution is -0.113. The highest BCUT2D eigenvalue weighted by molar-refractivity contribution is 8.18. The van der Waals surface area contributed by atoms with Gasteiger partial charge in [0, 0.05) is 32.3 Å². The molecular weight excluding hydrogens is 341 g/mol. The van der Waals surface area contributed by atoms with Crippen molar-refractivity contribution in [1.29, 1.82) is 0 Å². The predicted molar refractivity (Wildman–Crippen MR) is 96.9 cm³/mol. The minimum atomic E-state index is -0.243. The van der Waals surface area contributed by atoms with Gasteiger partial charge in [0.05, 0.1) is 16.9 Å². The van der Waals surface area contributed by atoms with E-state index in [1.54, 1.807) is 36.6 Å². The van der Waals surface area contributed by atoms with Crippen LogP contribution < -0.4 is 4.90 Å². The quantitative estimate of drug-likeness (QED) is 0.773. The van der Waals surface area contributed by atoms with Gasteiger partial charge in [0.25, 0.3) is 5.91 Å². The van der Waals surface area contributed by atoms with Crippen LogP contribution in [0.1, 0.15) is 5.76 Å². The van der Waals surface area contributed by atoms with Crippen molar-refractivity contribution >= 4 is 34.6 Å². The summed E-state index contributed by atoms with van der Waals surface area (Å²) in [6.07, 6.45) is 3.28. The molecule has 0 bridgehead atoms. The molecule has 128 valence electrons. The van der Waals surface area contributed by atoms with E-state index in [9.17, 15) is 9.18 Å². The maximum atomic E-state index is 13.9. The van der Waals surface area contributed by atoms with Crippen LogP contribution in [0.3, 0.4) is 0 Å². The summed E-state index contributed by atoms with van der Waals surface area (Å²) >= 11 is 1.36. The average molecular weight is 357 g/mol. The van der Waals surface area contributed by atoms with Crippen molar-refractivity contribution in [2.24, 2.45) is 4.99 Å². The molecule has 0 radical (unpaired) electrons. The van der Waals surface area contributed by atoms with Gasteiger partial charge in [-0.2, -0.15) is 4.99 Å². The van der Waals surface area contributed by atoms with Crippen molar-refractivity contribution in [1.82, 2.24) is 4.90 Å². The van der Waals surface area contributed by atoms with Crippen LogP contribution in [0, 0.1) is 5.82 Å². The molecule has 1 aromatic carbocycles. The van der Waals surface area contributed by atoms with E-state index >= 15 is 0 Å². The second-order valence-electron chi connectivity index (χ2n) is 5.75. The van der Waals surface area contributed by atoms with E-state index in [0.717, 1.165) is 0 Å². The smallest absolute Gasteiger partial charge is 0.286 e. The molecule has 2 aliphatic heterocycles. The summed E-state index contributed by atoms with van der Waals surface area (Å²) in [6.45, 7) is 2.76. The lowest BCUT2D eigenvalue weighted by atomic mass is 10.2. The van der Waals surface area contributed by atoms with Crippen molar-refractivity contribution < 1.29 is 13.6 Å². The van der Waals surface area contributed by atoms with Gasteiger partial charge < -0.3 is 14.2 Å². The van der Waals surface area contributed by atoms with E-state index in [0.29, 0.717) is 47.7 Å². The average Bonchev–Trinajstić information content (AvgIpc) is 3.26. The zero-order valence-corrected chi connectivity index (χ0v) is 14.2. The highest BCUT2D eigenvalue weighted by atomic mass is 32.2. The molecule has 1 amide bonds. The second-order valence-corrected chi connectivity index (χ2v) is 6.76. The Balaban J connectivity index is 1.41. The highest BCUT2D eigenvalue weighted by Gasteiger charge is 2.29. The number of amides is 1. The maximum Gasteiger partial charge on any atom is 0.286 e. The van der Waals surface area contributed by atoms with E-state index in [1.807, 2.05) is 11.0 Å². The van der Waals surface area contributed by atoms with Crippen molar-refractivity contribution in [2.75, 3.05) is 31.1 Å². The number of benzene rings is 1. The molecule has 4 rings (SSSR count). The lowest BCUT2D eigenvalue weighted by Gasteiger charge is -2.36. The Labute approximate surface area is 148 Å². The van der Waals surface area contributed by atoms with Gasteiger partial charge in [0.15, 0.2) is 5.17 Å². The van der Waals surface area contributed by atoms with Gasteiger partial charge in [-0.3, -0.25) is 4.79 Å². The molecule has 0 saturated carbocycles. The number of carbonyl (C=O) groups is 1. The predicted octanol–water partition coefficient (Wildman–Crippen LogP) is 3.21. The first-order valence-corrected chi connectivity index (χ1v) is 8.83. The van der Waals surface area contributed by atoms with Crippen LogP contribution in [0.2, 0.25) is 0 Å². The number of carbonyl (C=O) groups excluding carboxylic acids is 1. The Morgan fingerprint density at radius 1 is 1.08 bits per heavy atom. The first kappa shape index (κ1) is 16.0. The summed E-state index contributed by atoms with van der Waals surface area (Å²) in [5.41, 5.74) is 0.623. The summed E-state index contributed by atoms with van der Waals surface area (Å²) in [5.74, 6) is 0.187. The number of hydrogen-bond acceptors (Lipinski definition) is 5. The minimum Gasteiger partial charge on any atom is -0.465 e. The first-order valence-electron chi connectivity index (χ1n) is 8.01. The molecule has 0 N–H and O–H groups in total. The first-order chi connectivity index (χ1) is 12.2. The van der Waals surface area contributed by atoms with Crippen molar-refractivity contribution in [2.45, 2.75) is 0 Å². The Morgan fingerprint density at radius 3 is 2.56 bits per heavy atom. The number of rotatable bonds is 2. The fourth-order valence-electron chi connectivity index (χ4n) is 2.88. The summed E-state index contributed by atoms with van der Waals surface area (Å²) in [7, 11) is 0. The Morgan fingerprint density at radius 2 is 1.84 bits per heavy atom. The summed E-state index contributed by atoms with van der Waals surface area (Å²) in [6, 6.07) is 10.4. The minimum absolute atomic E-state index is 0.206. The third-order valence-electron chi connectivity index (χ3n) is 4.17. The number of halogens is 1. The number of furan rings is 1. The molecule has 0 unspecified atom stereocenters. The lowest BCUT2D eigenvalue weighted by Crippen LogP contribution is -2.48. The molecule has 1 saturated heterocycles. The molecule has 7 heteroatoms. The Hall–Kier alpha value is -2.54. The van der Waals surface area contributed by atoms with Crippen LogP contribution in [0.15, 0.2) is 57.0 Å². The van der Waals surface area contributed by atoms with Gasteiger partial charge >= 0.3 is 0 Å². The van der Waals surface area contributed by atoms with Gasteiger partial charge in [-0.05, 0) is 36.0 Å². The van der Waals surface area contributed by atoms with Crippen LogP contribution in [-0.2, 0) is 4.79 Å². The molecular formula is C18H16FN3O2S. The molecule has 2 aliphatic rings. The number of anilines is 1. The molecule has 2 aromatic rings. The van der Waals surface area contributed by atoms with Crippen LogP contribution in [0.25, 0.3) is 6.08 Å². The maximum absolute atomic E-state index is 13.9. The molecule has 1 fully saturated rings. The van der Waals surface area contributed by atoms with Crippen LogP contribution >= 0.6 is 11.8 Å². The Kier molecular flexibility index (Phi) is 4.31. The van der Waals surface area contributed by atoms with E-state index in [4.69, 9.17) is 4.42 Å². The number of para-hydroxylation sites is 1. The number of amidine groups is 1. The third kappa shape index (κ3) is 3.32. The van der Waals surface area contributed by atoms with Gasteiger partial charge in [0.2, 0.25) is 0 Å². The molecule has 5 nitrogen and oxygen atoms in total. The van der Waals surface area contributed by atoms with E-state index in [1.165, 1.54) is 17.8 Å². The van der Waals surface area contributed by atoms with Gasteiger partial charge in [-0.15, -0.1) is 0 Å². The SMILES string of the molecule is O=C1N=C(N2CCN(c3ccccc3F)CC2)SC1=Cc1ccco1. The van der Waals surface area contributed by atoms with Gasteiger partial charge in [-0.1, -0.05) is 12.1 Å². The van der Waals surface area contributed by atoms with Crippen LogP contribution in [-0.4, -0.2) is 42.2 Å². The summed E-state index contributed by atoms with van der Waals surface area (Å²) in [4.78, 5) is 20.9. The molecule has 0 spiro atoms. The zero-order chi connectivity index (χ0) is 17.2. The fraction of sp³-hybridized carbons (Fsp3) is 0.222. The van der Waals surface area contributed by atoms with Gasteiger partial charge in [0.1, 0.15) is 11.6 Å². The molecule has 25 heavy (non-hydrogen) atoms. The number of aliphatic imine (C=N–C) groups is 1. The number of thioether (sulfide) groups is 1. The molecule has 3 heterocycles. The number of nitrogens with zero attached hydrogens (tertiary/aromatic N) is 3. The monoisotopic (exact) mass is 357 g/mol. The summed E-state index contributed by atoms with van der Waals surface area (Å²) in [5, 5.41) is 0.705. The second kappa shape index (κ2) is 6.76. The third-order valence-corrected chi connectivity index (χ3v) is 5.21. The van der Waals surface area contributed by atoms with Crippen LogP contribution in [0.4, 0.5) is 10.1 Å².